The zero-order valence-electron chi connectivity index (χ0n) is 16.0. The highest BCUT2D eigenvalue weighted by Gasteiger charge is 2.14. The summed E-state index contributed by atoms with van der Waals surface area (Å²) >= 11 is 3.50. The van der Waals surface area contributed by atoms with E-state index in [1.54, 1.807) is 18.2 Å². The van der Waals surface area contributed by atoms with Gasteiger partial charge in [-0.1, -0.05) is 36.4 Å². The van der Waals surface area contributed by atoms with Gasteiger partial charge in [0.1, 0.15) is 18.2 Å². The van der Waals surface area contributed by atoms with Gasteiger partial charge in [-0.05, 0) is 63.0 Å². The van der Waals surface area contributed by atoms with E-state index in [-0.39, 0.29) is 5.57 Å². The van der Waals surface area contributed by atoms with Crippen LogP contribution in [0.2, 0.25) is 0 Å². The van der Waals surface area contributed by atoms with E-state index in [0.717, 1.165) is 21.9 Å². The minimum Gasteiger partial charge on any atom is -0.493 e. The molecule has 29 heavy (non-hydrogen) atoms. The Morgan fingerprint density at radius 1 is 1.24 bits per heavy atom. The number of carbonyl (C=O) groups is 1. The Labute approximate surface area is 177 Å². The van der Waals surface area contributed by atoms with Crippen LogP contribution in [-0.2, 0) is 11.4 Å². The van der Waals surface area contributed by atoms with Crippen LogP contribution in [-0.4, -0.2) is 13.0 Å². The van der Waals surface area contributed by atoms with Gasteiger partial charge in [0.15, 0.2) is 11.5 Å². The molecule has 0 bridgehead atoms. The smallest absolute Gasteiger partial charge is 0.259 e. The predicted molar refractivity (Wildman–Crippen MR) is 116 cm³/mol. The summed E-state index contributed by atoms with van der Waals surface area (Å²) in [7, 11) is 1.53. The minimum atomic E-state index is -0.783. The van der Waals surface area contributed by atoms with Gasteiger partial charge in [-0.15, -0.1) is 0 Å². The first-order chi connectivity index (χ1) is 13.9. The molecule has 0 aromatic heterocycles. The van der Waals surface area contributed by atoms with Crippen LogP contribution in [0.5, 0.6) is 11.5 Å². The molecule has 0 heterocycles. The van der Waals surface area contributed by atoms with E-state index in [1.165, 1.54) is 13.2 Å². The number of hydrogen-bond donors (Lipinski definition) is 1. The number of methoxy groups -OCH3 is 1. The van der Waals surface area contributed by atoms with Crippen molar-refractivity contribution in [2.75, 3.05) is 7.11 Å². The van der Waals surface area contributed by atoms with Crippen molar-refractivity contribution >= 4 is 38.7 Å². The summed E-state index contributed by atoms with van der Waals surface area (Å²) in [6.45, 7) is 2.42. The topological polar surface area (TPSA) is 85.3 Å². The average Bonchev–Trinajstić information content (AvgIpc) is 2.71. The molecule has 0 radical (unpaired) electrons. The number of halogens is 1. The second-order valence-corrected chi connectivity index (χ2v) is 7.29. The molecule has 0 aliphatic rings. The molecule has 0 unspecified atom stereocenters. The van der Waals surface area contributed by atoms with E-state index in [0.29, 0.717) is 28.1 Å². The van der Waals surface area contributed by atoms with Crippen molar-refractivity contribution in [1.29, 1.82) is 5.26 Å². The number of primary amides is 1. The van der Waals surface area contributed by atoms with Crippen LogP contribution in [0.25, 0.3) is 16.8 Å². The number of benzene rings is 3. The van der Waals surface area contributed by atoms with Crippen LogP contribution in [0.3, 0.4) is 0 Å². The van der Waals surface area contributed by atoms with Crippen molar-refractivity contribution in [3.05, 3.63) is 75.3 Å². The van der Waals surface area contributed by atoms with Gasteiger partial charge in [-0.2, -0.15) is 5.26 Å². The number of nitriles is 1. The van der Waals surface area contributed by atoms with Crippen molar-refractivity contribution < 1.29 is 14.3 Å². The molecule has 0 saturated carbocycles. The summed E-state index contributed by atoms with van der Waals surface area (Å²) in [5.41, 5.74) is 7.90. The van der Waals surface area contributed by atoms with Gasteiger partial charge in [0.25, 0.3) is 5.91 Å². The third-order valence-corrected chi connectivity index (χ3v) is 5.17. The summed E-state index contributed by atoms with van der Waals surface area (Å²) in [4.78, 5) is 11.3. The number of nitrogens with two attached hydrogens (primary N) is 1. The molecule has 3 rings (SSSR count). The molecule has 0 aliphatic heterocycles. The van der Waals surface area contributed by atoms with Gasteiger partial charge >= 0.3 is 0 Å². The summed E-state index contributed by atoms with van der Waals surface area (Å²) in [5.74, 6) is 0.231. The summed E-state index contributed by atoms with van der Waals surface area (Å²) in [6.07, 6.45) is 1.41. The Morgan fingerprint density at radius 3 is 2.69 bits per heavy atom. The number of hydrogen-bond acceptors (Lipinski definition) is 4. The molecule has 0 atom stereocenters. The van der Waals surface area contributed by atoms with Gasteiger partial charge in [0.2, 0.25) is 0 Å². The van der Waals surface area contributed by atoms with E-state index in [9.17, 15) is 4.79 Å². The van der Waals surface area contributed by atoms with Gasteiger partial charge in [-0.25, -0.2) is 0 Å². The molecule has 5 nitrogen and oxygen atoms in total. The molecule has 0 saturated heterocycles. The van der Waals surface area contributed by atoms with Gasteiger partial charge < -0.3 is 15.2 Å². The summed E-state index contributed by atoms with van der Waals surface area (Å²) < 4.78 is 12.2. The lowest BCUT2D eigenvalue weighted by Crippen LogP contribution is -2.12. The van der Waals surface area contributed by atoms with E-state index < -0.39 is 5.91 Å². The highest BCUT2D eigenvalue weighted by molar-refractivity contribution is 9.10. The van der Waals surface area contributed by atoms with Crippen LogP contribution in [0.4, 0.5) is 0 Å². The number of nitrogens with zero attached hydrogens (tertiary/aromatic N) is 1. The van der Waals surface area contributed by atoms with Crippen molar-refractivity contribution in [2.45, 2.75) is 13.5 Å². The van der Waals surface area contributed by atoms with E-state index in [1.807, 2.05) is 12.1 Å². The zero-order valence-corrected chi connectivity index (χ0v) is 17.6. The van der Waals surface area contributed by atoms with Crippen LogP contribution in [0.1, 0.15) is 16.7 Å². The van der Waals surface area contributed by atoms with E-state index >= 15 is 0 Å². The van der Waals surface area contributed by atoms with Gasteiger partial charge in [-0.3, -0.25) is 4.79 Å². The number of rotatable bonds is 6. The molecule has 3 aromatic rings. The fourth-order valence-electron chi connectivity index (χ4n) is 3.07. The quantitative estimate of drug-likeness (QED) is 0.427. The summed E-state index contributed by atoms with van der Waals surface area (Å²) in [5, 5.41) is 11.3. The zero-order chi connectivity index (χ0) is 21.0. The Hall–Kier alpha value is -3.30. The van der Waals surface area contributed by atoms with Crippen LogP contribution >= 0.6 is 15.9 Å². The lowest BCUT2D eigenvalue weighted by Gasteiger charge is -2.16. The second-order valence-electron chi connectivity index (χ2n) is 6.44. The van der Waals surface area contributed by atoms with Crippen LogP contribution in [0.15, 0.2) is 58.6 Å². The van der Waals surface area contributed by atoms with Crippen LogP contribution < -0.4 is 15.2 Å². The maximum absolute atomic E-state index is 11.3. The number of aryl methyl sites for hydroxylation is 1. The highest BCUT2D eigenvalue weighted by Crippen LogP contribution is 2.38. The lowest BCUT2D eigenvalue weighted by molar-refractivity contribution is -0.114. The van der Waals surface area contributed by atoms with E-state index in [2.05, 4.69) is 47.1 Å². The number of ether oxygens (including phenoxy) is 2. The van der Waals surface area contributed by atoms with Crippen molar-refractivity contribution in [2.24, 2.45) is 5.73 Å². The van der Waals surface area contributed by atoms with Gasteiger partial charge in [0.05, 0.1) is 11.6 Å². The standard InChI is InChI=1S/C23H19BrN2O3/c1-14-7-8-16-5-3-4-6-18(16)19(14)13-29-22-20(24)10-15(11-21(22)28-2)9-17(12-25)23(26)27/h3-11H,13H2,1-2H3,(H2,26,27)/b17-9+. The first-order valence-electron chi connectivity index (χ1n) is 8.83. The Balaban J connectivity index is 1.96. The van der Waals surface area contributed by atoms with E-state index in [4.69, 9.17) is 20.5 Å². The van der Waals surface area contributed by atoms with Gasteiger partial charge in [0, 0.05) is 5.56 Å². The Bertz CT molecular complexity index is 1160. The molecule has 0 fully saturated rings. The fraction of sp³-hybridized carbons (Fsp3) is 0.130. The first-order valence-corrected chi connectivity index (χ1v) is 9.63. The Morgan fingerprint density at radius 2 is 2.00 bits per heavy atom. The summed E-state index contributed by atoms with van der Waals surface area (Å²) in [6, 6.07) is 17.6. The van der Waals surface area contributed by atoms with Crippen LogP contribution in [0, 0.1) is 18.3 Å². The number of amides is 1. The largest absolute Gasteiger partial charge is 0.493 e. The molecule has 1 amide bonds. The lowest BCUT2D eigenvalue weighted by atomic mass is 10.0. The third kappa shape index (κ3) is 4.41. The molecule has 146 valence electrons. The minimum absolute atomic E-state index is 0.140. The predicted octanol–water partition coefficient (Wildman–Crippen LogP) is 4.89. The van der Waals surface area contributed by atoms with Crippen molar-refractivity contribution in [3.8, 4) is 17.6 Å². The molecule has 0 spiro atoms. The Kier molecular flexibility index (Phi) is 6.20. The molecular formula is C23H19BrN2O3. The highest BCUT2D eigenvalue weighted by atomic mass is 79.9. The molecule has 3 aromatic carbocycles. The van der Waals surface area contributed by atoms with Crippen molar-refractivity contribution in [1.82, 2.24) is 0 Å². The normalized spacial score (nSPS) is 11.2. The molecule has 0 aliphatic carbocycles. The SMILES string of the molecule is COc1cc(/C=C(\C#N)C(N)=O)cc(Br)c1OCc1c(C)ccc2ccccc12. The molecule has 2 N–H and O–H groups in total. The first kappa shape index (κ1) is 20.4. The maximum Gasteiger partial charge on any atom is 0.259 e. The fourth-order valence-corrected chi connectivity index (χ4v) is 3.64. The monoisotopic (exact) mass is 450 g/mol. The second kappa shape index (κ2) is 8.80. The third-order valence-electron chi connectivity index (χ3n) is 4.58. The van der Waals surface area contributed by atoms with Crippen molar-refractivity contribution in [3.63, 3.8) is 0 Å². The number of carbonyl (C=O) groups excluding carboxylic acids is 1. The molecule has 6 heteroatoms. The maximum atomic E-state index is 11.3. The molecular weight excluding hydrogens is 432 g/mol. The number of fused-ring (bicyclic) bond motifs is 1. The average molecular weight is 451 g/mol.